The molecule has 2 atom stereocenters. The minimum absolute atomic E-state index is 0.0451. The van der Waals surface area contributed by atoms with Gasteiger partial charge in [-0.15, -0.1) is 0 Å². The van der Waals surface area contributed by atoms with Crippen molar-refractivity contribution >= 4 is 0 Å². The molecule has 0 bridgehead atoms. The van der Waals surface area contributed by atoms with E-state index < -0.39 is 11.6 Å². The van der Waals surface area contributed by atoms with Crippen LogP contribution in [0.3, 0.4) is 0 Å². The van der Waals surface area contributed by atoms with Gasteiger partial charge in [0.2, 0.25) is 0 Å². The lowest BCUT2D eigenvalue weighted by molar-refractivity contribution is 0.409. The number of halogens is 2. The van der Waals surface area contributed by atoms with Crippen LogP contribution in [0.1, 0.15) is 48.7 Å². The Hall–Kier alpha value is -1.75. The molecular formula is C16H19F2N3. The third-order valence-electron chi connectivity index (χ3n) is 4.27. The first kappa shape index (κ1) is 14.2. The lowest BCUT2D eigenvalue weighted by Crippen LogP contribution is -2.27. The van der Waals surface area contributed by atoms with Crippen LogP contribution in [0, 0.1) is 11.6 Å². The SMILES string of the molecule is CC(NC1CCCc2c1cnn2C)c1ccc(F)c(F)c1. The maximum Gasteiger partial charge on any atom is 0.159 e. The second-order valence-electron chi connectivity index (χ2n) is 5.68. The summed E-state index contributed by atoms with van der Waals surface area (Å²) < 4.78 is 28.3. The molecule has 1 N–H and O–H groups in total. The molecule has 0 amide bonds. The topological polar surface area (TPSA) is 29.9 Å². The number of benzene rings is 1. The summed E-state index contributed by atoms with van der Waals surface area (Å²) in [5.41, 5.74) is 3.24. The highest BCUT2D eigenvalue weighted by molar-refractivity contribution is 5.26. The number of nitrogens with one attached hydrogen (secondary N) is 1. The summed E-state index contributed by atoms with van der Waals surface area (Å²) >= 11 is 0. The lowest BCUT2D eigenvalue weighted by atomic mass is 9.92. The minimum Gasteiger partial charge on any atom is -0.303 e. The summed E-state index contributed by atoms with van der Waals surface area (Å²) in [6.07, 6.45) is 5.09. The Morgan fingerprint density at radius 1 is 1.33 bits per heavy atom. The molecule has 5 heteroatoms. The Morgan fingerprint density at radius 3 is 2.90 bits per heavy atom. The zero-order chi connectivity index (χ0) is 15.0. The smallest absolute Gasteiger partial charge is 0.159 e. The Morgan fingerprint density at radius 2 is 2.14 bits per heavy atom. The average Bonchev–Trinajstić information content (AvgIpc) is 2.85. The zero-order valence-corrected chi connectivity index (χ0v) is 12.2. The molecular weight excluding hydrogens is 272 g/mol. The molecule has 1 aliphatic rings. The van der Waals surface area contributed by atoms with E-state index in [1.54, 1.807) is 6.07 Å². The fourth-order valence-corrected chi connectivity index (χ4v) is 3.06. The summed E-state index contributed by atoms with van der Waals surface area (Å²) in [5.74, 6) is -1.61. The number of rotatable bonds is 3. The molecule has 1 aromatic heterocycles. The lowest BCUT2D eigenvalue weighted by Gasteiger charge is -2.27. The summed E-state index contributed by atoms with van der Waals surface area (Å²) in [6.45, 7) is 1.97. The summed E-state index contributed by atoms with van der Waals surface area (Å²) in [7, 11) is 1.96. The summed E-state index contributed by atoms with van der Waals surface area (Å²) in [5, 5.41) is 7.83. The van der Waals surface area contributed by atoms with Crippen molar-refractivity contribution in [3.05, 3.63) is 52.9 Å². The summed E-state index contributed by atoms with van der Waals surface area (Å²) in [4.78, 5) is 0. The molecule has 1 aromatic carbocycles. The first-order chi connectivity index (χ1) is 10.1. The molecule has 0 aliphatic heterocycles. The number of nitrogens with zero attached hydrogens (tertiary/aromatic N) is 2. The third kappa shape index (κ3) is 2.70. The monoisotopic (exact) mass is 291 g/mol. The minimum atomic E-state index is -0.807. The van der Waals surface area contributed by atoms with Crippen molar-refractivity contribution in [1.29, 1.82) is 0 Å². The molecule has 2 aromatic rings. The van der Waals surface area contributed by atoms with E-state index in [0.717, 1.165) is 24.8 Å². The van der Waals surface area contributed by atoms with Crippen LogP contribution in [-0.4, -0.2) is 9.78 Å². The number of hydrogen-bond acceptors (Lipinski definition) is 2. The summed E-state index contributed by atoms with van der Waals surface area (Å²) in [6, 6.07) is 4.24. The molecule has 2 unspecified atom stereocenters. The predicted octanol–water partition coefficient (Wildman–Crippen LogP) is 3.43. The Bertz CT molecular complexity index is 651. The van der Waals surface area contributed by atoms with E-state index in [-0.39, 0.29) is 12.1 Å². The zero-order valence-electron chi connectivity index (χ0n) is 12.2. The largest absolute Gasteiger partial charge is 0.303 e. The van der Waals surface area contributed by atoms with E-state index in [4.69, 9.17) is 0 Å². The van der Waals surface area contributed by atoms with Crippen LogP contribution in [0.4, 0.5) is 8.78 Å². The van der Waals surface area contributed by atoms with Crippen molar-refractivity contribution in [2.45, 2.75) is 38.3 Å². The van der Waals surface area contributed by atoms with Gasteiger partial charge >= 0.3 is 0 Å². The van der Waals surface area contributed by atoms with Gasteiger partial charge in [-0.2, -0.15) is 5.10 Å². The van der Waals surface area contributed by atoms with Crippen molar-refractivity contribution < 1.29 is 8.78 Å². The van der Waals surface area contributed by atoms with E-state index >= 15 is 0 Å². The maximum atomic E-state index is 13.3. The quantitative estimate of drug-likeness (QED) is 0.939. The van der Waals surface area contributed by atoms with E-state index in [1.165, 1.54) is 23.4 Å². The Balaban J connectivity index is 1.79. The van der Waals surface area contributed by atoms with Crippen LogP contribution < -0.4 is 5.32 Å². The van der Waals surface area contributed by atoms with Gasteiger partial charge in [0.05, 0.1) is 6.20 Å². The first-order valence-electron chi connectivity index (χ1n) is 7.28. The molecule has 112 valence electrons. The van der Waals surface area contributed by atoms with Crippen LogP contribution in [0.5, 0.6) is 0 Å². The number of fused-ring (bicyclic) bond motifs is 1. The molecule has 0 spiro atoms. The van der Waals surface area contributed by atoms with Crippen LogP contribution in [0.25, 0.3) is 0 Å². The van der Waals surface area contributed by atoms with Gasteiger partial charge in [0.25, 0.3) is 0 Å². The van der Waals surface area contributed by atoms with Gasteiger partial charge in [-0.3, -0.25) is 4.68 Å². The molecule has 1 heterocycles. The van der Waals surface area contributed by atoms with E-state index in [0.29, 0.717) is 0 Å². The van der Waals surface area contributed by atoms with Crippen molar-refractivity contribution in [1.82, 2.24) is 15.1 Å². The molecule has 0 saturated heterocycles. The van der Waals surface area contributed by atoms with Crippen molar-refractivity contribution in [3.8, 4) is 0 Å². The second kappa shape index (κ2) is 5.56. The van der Waals surface area contributed by atoms with Gasteiger partial charge in [0, 0.05) is 30.4 Å². The molecule has 3 nitrogen and oxygen atoms in total. The number of aromatic nitrogens is 2. The van der Waals surface area contributed by atoms with Gasteiger partial charge in [0.1, 0.15) is 0 Å². The predicted molar refractivity (Wildman–Crippen MR) is 76.8 cm³/mol. The van der Waals surface area contributed by atoms with Gasteiger partial charge in [-0.05, 0) is 43.9 Å². The normalized spacial score (nSPS) is 19.3. The molecule has 0 fully saturated rings. The Kier molecular flexibility index (Phi) is 3.76. The van der Waals surface area contributed by atoms with E-state index in [9.17, 15) is 8.78 Å². The average molecular weight is 291 g/mol. The number of hydrogen-bond donors (Lipinski definition) is 1. The number of aryl methyl sites for hydroxylation is 1. The van der Waals surface area contributed by atoms with Crippen molar-refractivity contribution in [2.75, 3.05) is 0 Å². The Labute approximate surface area is 123 Å². The van der Waals surface area contributed by atoms with Crippen LogP contribution in [0.2, 0.25) is 0 Å². The van der Waals surface area contributed by atoms with Gasteiger partial charge in [-0.1, -0.05) is 6.07 Å². The molecule has 3 rings (SSSR count). The molecule has 0 radical (unpaired) electrons. The third-order valence-corrected chi connectivity index (χ3v) is 4.27. The van der Waals surface area contributed by atoms with Crippen LogP contribution >= 0.6 is 0 Å². The van der Waals surface area contributed by atoms with Crippen LogP contribution in [-0.2, 0) is 13.5 Å². The fourth-order valence-electron chi connectivity index (χ4n) is 3.06. The van der Waals surface area contributed by atoms with Crippen LogP contribution in [0.15, 0.2) is 24.4 Å². The fraction of sp³-hybridized carbons (Fsp3) is 0.438. The standard InChI is InChI=1S/C16H19F2N3/c1-10(11-6-7-13(17)14(18)8-11)20-15-4-3-5-16-12(15)9-19-21(16)2/h6-10,15,20H,3-5H2,1-2H3. The second-order valence-corrected chi connectivity index (χ2v) is 5.68. The van der Waals surface area contributed by atoms with Gasteiger partial charge < -0.3 is 5.32 Å². The highest BCUT2D eigenvalue weighted by atomic mass is 19.2. The highest BCUT2D eigenvalue weighted by Crippen LogP contribution is 2.31. The molecule has 0 saturated carbocycles. The van der Waals surface area contributed by atoms with Crippen molar-refractivity contribution in [3.63, 3.8) is 0 Å². The first-order valence-corrected chi connectivity index (χ1v) is 7.28. The van der Waals surface area contributed by atoms with Gasteiger partial charge in [-0.25, -0.2) is 8.78 Å². The van der Waals surface area contributed by atoms with Crippen molar-refractivity contribution in [2.24, 2.45) is 7.05 Å². The van der Waals surface area contributed by atoms with E-state index in [1.807, 2.05) is 24.9 Å². The molecule has 1 aliphatic carbocycles. The van der Waals surface area contributed by atoms with E-state index in [2.05, 4.69) is 10.4 Å². The van der Waals surface area contributed by atoms with Gasteiger partial charge in [0.15, 0.2) is 11.6 Å². The molecule has 21 heavy (non-hydrogen) atoms. The highest BCUT2D eigenvalue weighted by Gasteiger charge is 2.24. The maximum absolute atomic E-state index is 13.3.